The summed E-state index contributed by atoms with van der Waals surface area (Å²) in [4.78, 5) is 35.6. The summed E-state index contributed by atoms with van der Waals surface area (Å²) in [5, 5.41) is 14.9. The number of aromatic amines is 1. The molecule has 2 aliphatic rings. The van der Waals surface area contributed by atoms with Crippen LogP contribution in [-0.2, 0) is 13.0 Å². The van der Waals surface area contributed by atoms with E-state index in [1.807, 2.05) is 41.8 Å². The number of imidazole rings is 1. The van der Waals surface area contributed by atoms with Gasteiger partial charge >= 0.3 is 6.03 Å². The van der Waals surface area contributed by atoms with E-state index in [9.17, 15) is 9.59 Å². The van der Waals surface area contributed by atoms with Crippen molar-refractivity contribution in [2.45, 2.75) is 32.4 Å². The minimum absolute atomic E-state index is 0.110. The van der Waals surface area contributed by atoms with Crippen LogP contribution >= 0.6 is 11.6 Å². The number of aromatic nitrogens is 7. The fourth-order valence-electron chi connectivity index (χ4n) is 5.67. The number of urea groups is 1. The first-order valence-electron chi connectivity index (χ1n) is 12.9. The molecule has 5 heterocycles. The Bertz CT molecular complexity index is 1860. The van der Waals surface area contributed by atoms with Gasteiger partial charge in [-0.25, -0.2) is 9.78 Å². The summed E-state index contributed by atoms with van der Waals surface area (Å²) in [5.41, 5.74) is 7.64. The van der Waals surface area contributed by atoms with Crippen LogP contribution in [0.1, 0.15) is 35.2 Å². The smallest absolute Gasteiger partial charge is 0.321 e. The molecular formula is C28H24ClN9O2. The van der Waals surface area contributed by atoms with Gasteiger partial charge in [-0.15, -0.1) is 5.10 Å². The molecule has 11 nitrogen and oxygen atoms in total. The number of carbonyl (C=O) groups is 1. The molecule has 3 aromatic heterocycles. The van der Waals surface area contributed by atoms with Crippen LogP contribution in [-0.4, -0.2) is 52.7 Å². The van der Waals surface area contributed by atoms with Gasteiger partial charge in [-0.2, -0.15) is 4.68 Å². The van der Waals surface area contributed by atoms with Crippen molar-refractivity contribution in [3.8, 4) is 28.1 Å². The topological polar surface area (TPSA) is 127 Å². The van der Waals surface area contributed by atoms with Gasteiger partial charge in [-0.1, -0.05) is 17.7 Å². The van der Waals surface area contributed by atoms with Crippen LogP contribution in [0.25, 0.3) is 28.1 Å². The number of rotatable bonds is 4. The molecule has 40 heavy (non-hydrogen) atoms. The van der Waals surface area contributed by atoms with E-state index in [0.29, 0.717) is 11.6 Å². The van der Waals surface area contributed by atoms with Crippen molar-refractivity contribution < 1.29 is 4.79 Å². The normalized spacial score (nSPS) is 16.1. The second-order valence-corrected chi connectivity index (χ2v) is 10.6. The Balaban J connectivity index is 1.24. The van der Waals surface area contributed by atoms with E-state index in [0.717, 1.165) is 69.4 Å². The molecule has 2 N–H and O–H groups in total. The lowest BCUT2D eigenvalue weighted by molar-refractivity contribution is 0.218. The maximum atomic E-state index is 13.6. The highest BCUT2D eigenvalue weighted by Gasteiger charge is 2.29. The van der Waals surface area contributed by atoms with Crippen LogP contribution in [0, 0.1) is 6.92 Å². The molecule has 2 amide bonds. The number of amides is 2. The molecule has 1 unspecified atom stereocenters. The van der Waals surface area contributed by atoms with Gasteiger partial charge in [0.25, 0.3) is 5.56 Å². The first-order chi connectivity index (χ1) is 19.4. The van der Waals surface area contributed by atoms with E-state index in [1.165, 1.54) is 6.33 Å². The lowest BCUT2D eigenvalue weighted by atomic mass is 10.0. The summed E-state index contributed by atoms with van der Waals surface area (Å²) in [5.74, 6) is 0.751. The molecule has 1 atom stereocenters. The largest absolute Gasteiger partial charge is 0.344 e. The quantitative estimate of drug-likeness (QED) is 0.340. The lowest BCUT2D eigenvalue weighted by Crippen LogP contribution is -2.35. The summed E-state index contributed by atoms with van der Waals surface area (Å²) < 4.78 is 3.38. The molecule has 0 aliphatic carbocycles. The number of nitrogens with zero attached hydrogens (tertiary/aromatic N) is 7. The Hall–Kier alpha value is -4.77. The maximum absolute atomic E-state index is 13.6. The summed E-state index contributed by atoms with van der Waals surface area (Å²) in [6.45, 7) is 2.52. The Kier molecular flexibility index (Phi) is 5.56. The molecule has 200 valence electrons. The van der Waals surface area contributed by atoms with Gasteiger partial charge in [0.2, 0.25) is 0 Å². The Morgan fingerprint density at radius 2 is 1.93 bits per heavy atom. The number of anilines is 1. The van der Waals surface area contributed by atoms with Gasteiger partial charge in [0.15, 0.2) is 0 Å². The van der Waals surface area contributed by atoms with Crippen LogP contribution in [0.2, 0.25) is 5.02 Å². The minimum atomic E-state index is -0.203. The number of aryl methyl sites for hydroxylation is 2. The predicted molar refractivity (Wildman–Crippen MR) is 150 cm³/mol. The number of halogens is 1. The van der Waals surface area contributed by atoms with Crippen LogP contribution < -0.4 is 10.9 Å². The zero-order chi connectivity index (χ0) is 27.5. The van der Waals surface area contributed by atoms with Gasteiger partial charge in [-0.3, -0.25) is 4.79 Å². The zero-order valence-electron chi connectivity index (χ0n) is 21.7. The van der Waals surface area contributed by atoms with Gasteiger partial charge in [0.1, 0.15) is 12.2 Å². The highest BCUT2D eigenvalue weighted by atomic mass is 35.5. The highest BCUT2D eigenvalue weighted by Crippen LogP contribution is 2.36. The Morgan fingerprint density at radius 1 is 1.05 bits per heavy atom. The summed E-state index contributed by atoms with van der Waals surface area (Å²) in [6, 6.07) is 14.7. The number of carbonyl (C=O) groups excluding carboxylic acids is 1. The molecule has 0 bridgehead atoms. The van der Waals surface area contributed by atoms with Crippen molar-refractivity contribution in [1.82, 2.24) is 39.6 Å². The van der Waals surface area contributed by atoms with E-state index in [4.69, 9.17) is 16.6 Å². The van der Waals surface area contributed by atoms with Crippen LogP contribution in [0.3, 0.4) is 0 Å². The van der Waals surface area contributed by atoms with Gasteiger partial charge in [-0.05, 0) is 77.7 Å². The second kappa shape index (κ2) is 9.16. The zero-order valence-corrected chi connectivity index (χ0v) is 22.5. The molecule has 5 aromatic rings. The third-order valence-corrected chi connectivity index (χ3v) is 7.83. The standard InChI is InChI=1S/C28H24ClN9O2/c1-15-26(16-3-6-22-18(9-16)13-36(2)28(40)32-22)33-27(31-15)24-8-5-20-10-17(11-25(39)38(20)24)21-12-19(29)4-7-23(21)37-14-30-34-35-37/h3-4,6-7,9-12,14,24H,5,8,13H2,1-2H3,(H,31,33)(H,32,40). The molecule has 0 saturated heterocycles. The van der Waals surface area contributed by atoms with Gasteiger partial charge < -0.3 is 19.8 Å². The highest BCUT2D eigenvalue weighted by molar-refractivity contribution is 6.31. The minimum Gasteiger partial charge on any atom is -0.344 e. The number of fused-ring (bicyclic) bond motifs is 2. The molecule has 7 rings (SSSR count). The average molecular weight is 554 g/mol. The van der Waals surface area contributed by atoms with Gasteiger partial charge in [0.05, 0.1) is 17.4 Å². The van der Waals surface area contributed by atoms with E-state index in [-0.39, 0.29) is 17.6 Å². The number of hydrogen-bond donors (Lipinski definition) is 2. The molecule has 12 heteroatoms. The number of H-pyrrole nitrogens is 1. The van der Waals surface area contributed by atoms with Crippen molar-refractivity contribution in [3.05, 3.63) is 93.0 Å². The third-order valence-electron chi connectivity index (χ3n) is 7.59. The third kappa shape index (κ3) is 3.97. The first-order valence-corrected chi connectivity index (χ1v) is 13.2. The SMILES string of the molecule is Cc1[nH]c(C2CCc3cc(-c4cc(Cl)ccc4-n4cnnn4)cc(=O)n32)nc1-c1ccc2c(c1)CN(C)C(=O)N2. The number of pyridine rings is 1. The molecular weight excluding hydrogens is 530 g/mol. The summed E-state index contributed by atoms with van der Waals surface area (Å²) in [7, 11) is 1.77. The van der Waals surface area contributed by atoms with E-state index in [2.05, 4.69) is 31.9 Å². The summed E-state index contributed by atoms with van der Waals surface area (Å²) >= 11 is 6.33. The molecule has 2 aromatic carbocycles. The number of nitrogens with one attached hydrogen (secondary N) is 2. The molecule has 2 aliphatic heterocycles. The molecule has 0 radical (unpaired) electrons. The van der Waals surface area contributed by atoms with Crippen molar-refractivity contribution in [2.75, 3.05) is 12.4 Å². The Labute approximate surface area is 233 Å². The monoisotopic (exact) mass is 553 g/mol. The predicted octanol–water partition coefficient (Wildman–Crippen LogP) is 4.36. The number of benzene rings is 2. The van der Waals surface area contributed by atoms with E-state index in [1.54, 1.807) is 28.8 Å². The van der Waals surface area contributed by atoms with E-state index >= 15 is 0 Å². The van der Waals surface area contributed by atoms with Crippen LogP contribution in [0.5, 0.6) is 0 Å². The first kappa shape index (κ1) is 24.3. The van der Waals surface area contributed by atoms with Gasteiger partial charge in [0, 0.05) is 52.9 Å². The number of tetrazole rings is 1. The molecule has 0 spiro atoms. The van der Waals surface area contributed by atoms with Crippen molar-refractivity contribution in [3.63, 3.8) is 0 Å². The lowest BCUT2D eigenvalue weighted by Gasteiger charge is -2.26. The van der Waals surface area contributed by atoms with Crippen LogP contribution in [0.15, 0.2) is 59.7 Å². The van der Waals surface area contributed by atoms with Crippen molar-refractivity contribution in [1.29, 1.82) is 0 Å². The fourth-order valence-corrected chi connectivity index (χ4v) is 5.85. The Morgan fingerprint density at radius 3 is 2.75 bits per heavy atom. The number of hydrogen-bond acceptors (Lipinski definition) is 6. The van der Waals surface area contributed by atoms with Crippen LogP contribution in [0.4, 0.5) is 10.5 Å². The van der Waals surface area contributed by atoms with Crippen molar-refractivity contribution in [2.24, 2.45) is 0 Å². The van der Waals surface area contributed by atoms with E-state index < -0.39 is 0 Å². The molecule has 0 saturated carbocycles. The average Bonchev–Trinajstić information content (AvgIpc) is 3.69. The second-order valence-electron chi connectivity index (χ2n) is 10.2. The van der Waals surface area contributed by atoms with Crippen molar-refractivity contribution >= 4 is 23.3 Å². The maximum Gasteiger partial charge on any atom is 0.321 e. The fraction of sp³-hybridized carbons (Fsp3) is 0.214. The molecule has 0 fully saturated rings. The summed E-state index contributed by atoms with van der Waals surface area (Å²) in [6.07, 6.45) is 2.99.